The molecular weight excluding hydrogens is 226 g/mol. The first-order valence-electron chi connectivity index (χ1n) is 6.55. The Hall–Kier alpha value is -1.71. The van der Waals surface area contributed by atoms with Crippen LogP contribution in [0.1, 0.15) is 43.0 Å². The third-order valence-corrected chi connectivity index (χ3v) is 3.62. The number of nitrogen functional groups attached to an aromatic ring is 2. The van der Waals surface area contributed by atoms with Crippen LogP contribution in [-0.2, 0) is 0 Å². The molecule has 4 heteroatoms. The third-order valence-electron chi connectivity index (χ3n) is 3.62. The predicted molar refractivity (Wildman–Crippen MR) is 74.2 cm³/mol. The highest BCUT2D eigenvalue weighted by Crippen LogP contribution is 2.22. The SMILES string of the molecule is CC1CCCCCN1C(=O)c1ccc(N)cc1N. The zero-order valence-electron chi connectivity index (χ0n) is 10.9. The van der Waals surface area contributed by atoms with E-state index in [0.29, 0.717) is 16.9 Å². The van der Waals surface area contributed by atoms with Crippen LogP contribution in [-0.4, -0.2) is 23.4 Å². The van der Waals surface area contributed by atoms with Crippen molar-refractivity contribution >= 4 is 17.3 Å². The highest BCUT2D eigenvalue weighted by molar-refractivity contribution is 5.99. The van der Waals surface area contributed by atoms with Crippen LogP contribution in [0.3, 0.4) is 0 Å². The predicted octanol–water partition coefficient (Wildman–Crippen LogP) is 2.26. The molecule has 0 aliphatic carbocycles. The van der Waals surface area contributed by atoms with Gasteiger partial charge in [0, 0.05) is 24.0 Å². The normalized spacial score (nSPS) is 20.5. The smallest absolute Gasteiger partial charge is 0.256 e. The Balaban J connectivity index is 2.23. The van der Waals surface area contributed by atoms with Crippen LogP contribution in [0.15, 0.2) is 18.2 Å². The second-order valence-corrected chi connectivity index (χ2v) is 5.04. The molecule has 98 valence electrons. The van der Waals surface area contributed by atoms with Gasteiger partial charge in [-0.05, 0) is 38.0 Å². The molecule has 1 unspecified atom stereocenters. The Labute approximate surface area is 108 Å². The van der Waals surface area contributed by atoms with Crippen molar-refractivity contribution in [3.05, 3.63) is 23.8 Å². The number of likely N-dealkylation sites (tertiary alicyclic amines) is 1. The molecule has 1 aromatic rings. The van der Waals surface area contributed by atoms with Crippen molar-refractivity contribution in [2.24, 2.45) is 0 Å². The summed E-state index contributed by atoms with van der Waals surface area (Å²) in [7, 11) is 0. The second-order valence-electron chi connectivity index (χ2n) is 5.04. The quantitative estimate of drug-likeness (QED) is 0.748. The Morgan fingerprint density at radius 2 is 2.06 bits per heavy atom. The van der Waals surface area contributed by atoms with Crippen LogP contribution in [0.5, 0.6) is 0 Å². The number of rotatable bonds is 1. The van der Waals surface area contributed by atoms with Crippen molar-refractivity contribution in [3.8, 4) is 0 Å². The molecule has 1 fully saturated rings. The topological polar surface area (TPSA) is 72.3 Å². The summed E-state index contributed by atoms with van der Waals surface area (Å²) in [5.41, 5.74) is 13.2. The van der Waals surface area contributed by atoms with E-state index in [4.69, 9.17) is 11.5 Å². The lowest BCUT2D eigenvalue weighted by Gasteiger charge is -2.27. The fourth-order valence-corrected chi connectivity index (χ4v) is 2.51. The van der Waals surface area contributed by atoms with Gasteiger partial charge in [-0.2, -0.15) is 0 Å². The fourth-order valence-electron chi connectivity index (χ4n) is 2.51. The second kappa shape index (κ2) is 5.29. The molecule has 1 aliphatic heterocycles. The average Bonchev–Trinajstić information content (AvgIpc) is 2.53. The van der Waals surface area contributed by atoms with Crippen LogP contribution in [0.4, 0.5) is 11.4 Å². The average molecular weight is 247 g/mol. The van der Waals surface area contributed by atoms with Gasteiger partial charge in [0.2, 0.25) is 0 Å². The first kappa shape index (κ1) is 12.7. The summed E-state index contributed by atoms with van der Waals surface area (Å²) in [6.45, 7) is 2.93. The van der Waals surface area contributed by atoms with Crippen molar-refractivity contribution < 1.29 is 4.79 Å². The first-order valence-corrected chi connectivity index (χ1v) is 6.55. The summed E-state index contributed by atoms with van der Waals surface area (Å²) >= 11 is 0. The van der Waals surface area contributed by atoms with Crippen LogP contribution in [0.2, 0.25) is 0 Å². The van der Waals surface area contributed by atoms with Gasteiger partial charge in [0.05, 0.1) is 5.56 Å². The van der Waals surface area contributed by atoms with E-state index >= 15 is 0 Å². The number of anilines is 2. The molecule has 1 atom stereocenters. The van der Waals surface area contributed by atoms with E-state index in [1.165, 1.54) is 12.8 Å². The van der Waals surface area contributed by atoms with Crippen molar-refractivity contribution in [3.63, 3.8) is 0 Å². The number of hydrogen-bond acceptors (Lipinski definition) is 3. The van der Waals surface area contributed by atoms with Crippen LogP contribution in [0, 0.1) is 0 Å². The number of nitrogens with zero attached hydrogens (tertiary/aromatic N) is 1. The lowest BCUT2D eigenvalue weighted by atomic mass is 10.1. The molecule has 0 bridgehead atoms. The molecule has 0 aromatic heterocycles. The Bertz CT molecular complexity index is 445. The van der Waals surface area contributed by atoms with Gasteiger partial charge in [-0.25, -0.2) is 0 Å². The van der Waals surface area contributed by atoms with E-state index < -0.39 is 0 Å². The van der Waals surface area contributed by atoms with Crippen LogP contribution in [0.25, 0.3) is 0 Å². The molecule has 0 radical (unpaired) electrons. The van der Waals surface area contributed by atoms with Gasteiger partial charge < -0.3 is 16.4 Å². The highest BCUT2D eigenvalue weighted by Gasteiger charge is 2.24. The number of hydrogen-bond donors (Lipinski definition) is 2. The largest absolute Gasteiger partial charge is 0.399 e. The van der Waals surface area contributed by atoms with E-state index in [-0.39, 0.29) is 11.9 Å². The van der Waals surface area contributed by atoms with Gasteiger partial charge in [0.1, 0.15) is 0 Å². The lowest BCUT2D eigenvalue weighted by Crippen LogP contribution is -2.38. The summed E-state index contributed by atoms with van der Waals surface area (Å²) < 4.78 is 0. The molecule has 1 aliphatic rings. The zero-order chi connectivity index (χ0) is 13.1. The first-order chi connectivity index (χ1) is 8.59. The molecule has 1 aromatic carbocycles. The molecule has 1 heterocycles. The summed E-state index contributed by atoms with van der Waals surface area (Å²) in [6, 6.07) is 5.39. The number of carbonyl (C=O) groups excluding carboxylic acids is 1. The standard InChI is InChI=1S/C14H21N3O/c1-10-5-3-2-4-8-17(10)14(18)12-7-6-11(15)9-13(12)16/h6-7,9-10H,2-5,8,15-16H2,1H3. The Morgan fingerprint density at radius 3 is 2.78 bits per heavy atom. The summed E-state index contributed by atoms with van der Waals surface area (Å²) in [6.07, 6.45) is 4.54. The molecule has 1 saturated heterocycles. The van der Waals surface area contributed by atoms with Gasteiger partial charge >= 0.3 is 0 Å². The van der Waals surface area contributed by atoms with E-state index in [0.717, 1.165) is 19.4 Å². The summed E-state index contributed by atoms with van der Waals surface area (Å²) in [5, 5.41) is 0. The highest BCUT2D eigenvalue weighted by atomic mass is 16.2. The van der Waals surface area contributed by atoms with Gasteiger partial charge in [0.15, 0.2) is 0 Å². The number of amides is 1. The minimum absolute atomic E-state index is 0.0295. The van der Waals surface area contributed by atoms with Crippen molar-refractivity contribution in [1.82, 2.24) is 4.90 Å². The number of benzene rings is 1. The Kier molecular flexibility index (Phi) is 3.75. The number of carbonyl (C=O) groups is 1. The molecule has 1 amide bonds. The van der Waals surface area contributed by atoms with Crippen molar-refractivity contribution in [2.45, 2.75) is 38.6 Å². The molecular formula is C14H21N3O. The summed E-state index contributed by atoms with van der Waals surface area (Å²) in [5.74, 6) is 0.0295. The zero-order valence-corrected chi connectivity index (χ0v) is 10.9. The van der Waals surface area contributed by atoms with E-state index in [1.54, 1.807) is 18.2 Å². The van der Waals surface area contributed by atoms with Crippen LogP contribution >= 0.6 is 0 Å². The maximum Gasteiger partial charge on any atom is 0.256 e. The molecule has 4 nitrogen and oxygen atoms in total. The Morgan fingerprint density at radius 1 is 1.28 bits per heavy atom. The van der Waals surface area contributed by atoms with Crippen molar-refractivity contribution in [1.29, 1.82) is 0 Å². The summed E-state index contributed by atoms with van der Waals surface area (Å²) in [4.78, 5) is 14.4. The van der Waals surface area contributed by atoms with E-state index in [2.05, 4.69) is 6.92 Å². The van der Waals surface area contributed by atoms with Gasteiger partial charge in [-0.15, -0.1) is 0 Å². The molecule has 18 heavy (non-hydrogen) atoms. The minimum Gasteiger partial charge on any atom is -0.399 e. The third kappa shape index (κ3) is 2.58. The van der Waals surface area contributed by atoms with Gasteiger partial charge in [-0.1, -0.05) is 12.8 Å². The molecule has 4 N–H and O–H groups in total. The molecule has 2 rings (SSSR count). The monoisotopic (exact) mass is 247 g/mol. The van der Waals surface area contributed by atoms with Crippen molar-refractivity contribution in [2.75, 3.05) is 18.0 Å². The van der Waals surface area contributed by atoms with Crippen LogP contribution < -0.4 is 11.5 Å². The lowest BCUT2D eigenvalue weighted by molar-refractivity contribution is 0.0699. The number of nitrogens with two attached hydrogens (primary N) is 2. The minimum atomic E-state index is 0.0295. The van der Waals surface area contributed by atoms with E-state index in [9.17, 15) is 4.79 Å². The van der Waals surface area contributed by atoms with Gasteiger partial charge in [-0.3, -0.25) is 4.79 Å². The molecule has 0 saturated carbocycles. The maximum atomic E-state index is 12.5. The fraction of sp³-hybridized carbons (Fsp3) is 0.500. The molecule has 0 spiro atoms. The maximum absolute atomic E-state index is 12.5. The van der Waals surface area contributed by atoms with E-state index in [1.807, 2.05) is 4.90 Å². The van der Waals surface area contributed by atoms with Gasteiger partial charge in [0.25, 0.3) is 5.91 Å².